The van der Waals surface area contributed by atoms with Crippen LogP contribution in [0.5, 0.6) is 11.5 Å². The van der Waals surface area contributed by atoms with Crippen molar-refractivity contribution in [2.75, 3.05) is 26.9 Å². The molecule has 1 aliphatic rings. The van der Waals surface area contributed by atoms with E-state index in [1.54, 1.807) is 24.0 Å². The van der Waals surface area contributed by atoms with Crippen LogP contribution in [0.4, 0.5) is 5.69 Å². The summed E-state index contributed by atoms with van der Waals surface area (Å²) in [5.41, 5.74) is 3.86. The first-order valence-corrected chi connectivity index (χ1v) is 13.2. The summed E-state index contributed by atoms with van der Waals surface area (Å²) < 4.78 is 15.9. The predicted octanol–water partition coefficient (Wildman–Crippen LogP) is 5.79. The van der Waals surface area contributed by atoms with Gasteiger partial charge in [0.15, 0.2) is 23.3 Å². The van der Waals surface area contributed by atoms with Gasteiger partial charge in [-0.2, -0.15) is 0 Å². The predicted molar refractivity (Wildman–Crippen MR) is 151 cm³/mol. The molecule has 1 saturated heterocycles. The summed E-state index contributed by atoms with van der Waals surface area (Å²) in [6, 6.07) is 23.3. The minimum atomic E-state index is -0.454. The first-order valence-electron chi connectivity index (χ1n) is 12.3. The number of amidine groups is 1. The van der Waals surface area contributed by atoms with Gasteiger partial charge in [0.05, 0.1) is 24.3 Å². The molecule has 1 aliphatic heterocycles. The second-order valence-corrected chi connectivity index (χ2v) is 9.55. The molecule has 0 unspecified atom stereocenters. The Morgan fingerprint density at radius 2 is 1.79 bits per heavy atom. The fourth-order valence-corrected chi connectivity index (χ4v) is 4.81. The van der Waals surface area contributed by atoms with E-state index in [9.17, 15) is 9.59 Å². The first kappa shape index (κ1) is 27.0. The lowest BCUT2D eigenvalue weighted by molar-refractivity contribution is -0.145. The van der Waals surface area contributed by atoms with E-state index < -0.39 is 5.97 Å². The Balaban J connectivity index is 1.58. The van der Waals surface area contributed by atoms with E-state index in [2.05, 4.69) is 12.1 Å². The smallest absolute Gasteiger partial charge is 0.344 e. The van der Waals surface area contributed by atoms with E-state index in [0.29, 0.717) is 34.5 Å². The second-order valence-electron chi connectivity index (χ2n) is 8.54. The van der Waals surface area contributed by atoms with Gasteiger partial charge in [-0.05, 0) is 73.5 Å². The average molecular weight is 531 g/mol. The Bertz CT molecular complexity index is 1340. The van der Waals surface area contributed by atoms with Crippen LogP contribution in [0, 0.1) is 6.92 Å². The molecule has 0 aliphatic carbocycles. The fraction of sp³-hybridized carbons (Fsp3) is 0.233. The molecule has 1 fully saturated rings. The van der Waals surface area contributed by atoms with E-state index in [1.807, 2.05) is 61.5 Å². The molecule has 0 spiro atoms. The molecule has 0 aromatic heterocycles. The topological polar surface area (TPSA) is 77.4 Å². The molecule has 1 heterocycles. The van der Waals surface area contributed by atoms with Crippen LogP contribution >= 0.6 is 11.8 Å². The third-order valence-corrected chi connectivity index (χ3v) is 6.76. The Labute approximate surface area is 227 Å². The largest absolute Gasteiger partial charge is 0.493 e. The number of carbonyl (C=O) groups is 2. The van der Waals surface area contributed by atoms with Crippen molar-refractivity contribution in [3.63, 3.8) is 0 Å². The molecule has 0 bridgehead atoms. The Morgan fingerprint density at radius 3 is 2.50 bits per heavy atom. The van der Waals surface area contributed by atoms with Gasteiger partial charge >= 0.3 is 5.97 Å². The van der Waals surface area contributed by atoms with Gasteiger partial charge in [0, 0.05) is 6.54 Å². The van der Waals surface area contributed by atoms with Crippen molar-refractivity contribution in [2.24, 2.45) is 4.99 Å². The van der Waals surface area contributed by atoms with E-state index in [0.717, 1.165) is 22.4 Å². The Morgan fingerprint density at radius 1 is 1.03 bits per heavy atom. The van der Waals surface area contributed by atoms with E-state index in [-0.39, 0.29) is 19.1 Å². The fourth-order valence-electron chi connectivity index (χ4n) is 3.79. The van der Waals surface area contributed by atoms with Gasteiger partial charge in [0.2, 0.25) is 0 Å². The number of benzene rings is 3. The standard InChI is InChI=1S/C30H30N2O5S/c1-4-36-28(33)20-37-25-15-12-23(18-26(25)35-3)19-27-29(34)32(17-16-22-8-6-5-7-9-22)30(38-27)31-24-13-10-21(2)11-14-24/h5-15,18-19H,4,16-17,20H2,1-3H3/b27-19-,31-30?. The molecular formula is C30H30N2O5S. The molecule has 196 valence electrons. The van der Waals surface area contributed by atoms with Gasteiger partial charge in [0.1, 0.15) is 0 Å². The number of aryl methyl sites for hydroxylation is 1. The number of nitrogens with zero attached hydrogens (tertiary/aromatic N) is 2. The van der Waals surface area contributed by atoms with Crippen LogP contribution in [0.2, 0.25) is 0 Å². The zero-order chi connectivity index (χ0) is 26.9. The molecule has 3 aromatic rings. The Hall–Kier alpha value is -4.04. The number of carbonyl (C=O) groups excluding carboxylic acids is 2. The summed E-state index contributed by atoms with van der Waals surface area (Å²) in [5, 5.41) is 0.641. The van der Waals surface area contributed by atoms with Gasteiger partial charge in [-0.1, -0.05) is 54.1 Å². The minimum Gasteiger partial charge on any atom is -0.493 e. The second kappa shape index (κ2) is 13.0. The first-order chi connectivity index (χ1) is 18.5. The number of methoxy groups -OCH3 is 1. The third kappa shape index (κ3) is 7.04. The summed E-state index contributed by atoms with van der Waals surface area (Å²) in [6.07, 6.45) is 2.53. The number of hydrogen-bond donors (Lipinski definition) is 0. The van der Waals surface area contributed by atoms with Crippen LogP contribution in [0.15, 0.2) is 82.7 Å². The summed E-state index contributed by atoms with van der Waals surface area (Å²) in [4.78, 5) is 32.2. The van der Waals surface area contributed by atoms with Crippen LogP contribution in [-0.2, 0) is 20.7 Å². The van der Waals surface area contributed by atoms with Crippen molar-refractivity contribution >= 4 is 40.6 Å². The van der Waals surface area contributed by atoms with E-state index in [1.165, 1.54) is 18.9 Å². The molecule has 0 radical (unpaired) electrons. The van der Waals surface area contributed by atoms with Crippen molar-refractivity contribution < 1.29 is 23.8 Å². The highest BCUT2D eigenvalue weighted by Crippen LogP contribution is 2.36. The van der Waals surface area contributed by atoms with E-state index >= 15 is 0 Å². The van der Waals surface area contributed by atoms with Gasteiger partial charge in [0.25, 0.3) is 5.91 Å². The molecule has 0 atom stereocenters. The van der Waals surface area contributed by atoms with Crippen molar-refractivity contribution in [2.45, 2.75) is 20.3 Å². The highest BCUT2D eigenvalue weighted by Gasteiger charge is 2.33. The minimum absolute atomic E-state index is 0.0987. The number of esters is 1. The molecule has 0 saturated carbocycles. The molecule has 0 N–H and O–H groups in total. The maximum atomic E-state index is 13.5. The number of hydrogen-bond acceptors (Lipinski definition) is 7. The van der Waals surface area contributed by atoms with Crippen molar-refractivity contribution in [3.05, 3.63) is 94.4 Å². The van der Waals surface area contributed by atoms with Crippen LogP contribution in [0.3, 0.4) is 0 Å². The summed E-state index contributed by atoms with van der Waals surface area (Å²) >= 11 is 1.35. The van der Waals surface area contributed by atoms with Gasteiger partial charge in [-0.15, -0.1) is 0 Å². The quantitative estimate of drug-likeness (QED) is 0.244. The van der Waals surface area contributed by atoms with E-state index in [4.69, 9.17) is 19.2 Å². The maximum Gasteiger partial charge on any atom is 0.344 e. The number of thioether (sulfide) groups is 1. The molecule has 1 amide bonds. The lowest BCUT2D eigenvalue weighted by Crippen LogP contribution is -2.31. The maximum absolute atomic E-state index is 13.5. The molecule has 38 heavy (non-hydrogen) atoms. The summed E-state index contributed by atoms with van der Waals surface area (Å²) in [7, 11) is 1.52. The molecule has 3 aromatic carbocycles. The highest BCUT2D eigenvalue weighted by molar-refractivity contribution is 8.18. The van der Waals surface area contributed by atoms with Crippen molar-refractivity contribution in [3.8, 4) is 11.5 Å². The number of ether oxygens (including phenoxy) is 3. The van der Waals surface area contributed by atoms with Gasteiger partial charge in [-0.3, -0.25) is 9.69 Å². The van der Waals surface area contributed by atoms with Crippen LogP contribution in [-0.4, -0.2) is 48.8 Å². The normalized spacial score (nSPS) is 15.2. The SMILES string of the molecule is CCOC(=O)COc1ccc(/C=C2\SC(=Nc3ccc(C)cc3)N(CCc3ccccc3)C2=O)cc1OC. The number of aliphatic imine (C=N–C) groups is 1. The zero-order valence-electron chi connectivity index (χ0n) is 21.7. The van der Waals surface area contributed by atoms with Crippen molar-refractivity contribution in [1.82, 2.24) is 4.90 Å². The monoisotopic (exact) mass is 530 g/mol. The lowest BCUT2D eigenvalue weighted by Gasteiger charge is -2.15. The highest BCUT2D eigenvalue weighted by atomic mass is 32.2. The lowest BCUT2D eigenvalue weighted by atomic mass is 10.1. The number of amides is 1. The number of rotatable bonds is 10. The van der Waals surface area contributed by atoms with Gasteiger partial charge < -0.3 is 14.2 Å². The third-order valence-electron chi connectivity index (χ3n) is 5.75. The average Bonchev–Trinajstić information content (AvgIpc) is 3.21. The van der Waals surface area contributed by atoms with Crippen molar-refractivity contribution in [1.29, 1.82) is 0 Å². The van der Waals surface area contributed by atoms with Crippen LogP contribution in [0.1, 0.15) is 23.6 Å². The van der Waals surface area contributed by atoms with Crippen LogP contribution in [0.25, 0.3) is 6.08 Å². The summed E-state index contributed by atoms with van der Waals surface area (Å²) in [5.74, 6) is 0.316. The molecule has 4 rings (SSSR count). The molecule has 8 heteroatoms. The van der Waals surface area contributed by atoms with Gasteiger partial charge in [-0.25, -0.2) is 9.79 Å². The zero-order valence-corrected chi connectivity index (χ0v) is 22.5. The Kier molecular flexibility index (Phi) is 9.21. The molecule has 7 nitrogen and oxygen atoms in total. The van der Waals surface area contributed by atoms with Crippen LogP contribution < -0.4 is 9.47 Å². The molecular weight excluding hydrogens is 500 g/mol. The summed E-state index contributed by atoms with van der Waals surface area (Å²) in [6.45, 7) is 4.35.